The molecule has 1 aromatic rings. The first-order valence-corrected chi connectivity index (χ1v) is 5.52. The molecule has 7 heteroatoms. The van der Waals surface area contributed by atoms with Crippen LogP contribution in [0.2, 0.25) is 0 Å². The monoisotopic (exact) mass is 284 g/mol. The van der Waals surface area contributed by atoms with Gasteiger partial charge in [0.05, 0.1) is 12.4 Å². The second-order valence-electron chi connectivity index (χ2n) is 3.37. The summed E-state index contributed by atoms with van der Waals surface area (Å²) in [7, 11) is 0. The lowest BCUT2D eigenvalue weighted by atomic mass is 10.2. The third-order valence-corrected chi connectivity index (χ3v) is 2.59. The van der Waals surface area contributed by atoms with E-state index in [1.54, 1.807) is 0 Å². The molecule has 2 heterocycles. The van der Waals surface area contributed by atoms with Crippen LogP contribution in [0.25, 0.3) is 0 Å². The molecule has 16 heavy (non-hydrogen) atoms. The van der Waals surface area contributed by atoms with E-state index >= 15 is 0 Å². The zero-order chi connectivity index (χ0) is 11.5. The minimum absolute atomic E-state index is 0.0953. The molecule has 6 nitrogen and oxygen atoms in total. The van der Waals surface area contributed by atoms with Crippen molar-refractivity contribution in [2.24, 2.45) is 0 Å². The second-order valence-corrected chi connectivity index (χ2v) is 4.18. The maximum atomic E-state index is 11.6. The Labute approximate surface area is 100.0 Å². The maximum Gasteiger partial charge on any atom is 0.248 e. The van der Waals surface area contributed by atoms with Crippen molar-refractivity contribution in [3.8, 4) is 0 Å². The van der Waals surface area contributed by atoms with E-state index in [0.717, 1.165) is 0 Å². The van der Waals surface area contributed by atoms with Crippen molar-refractivity contribution >= 4 is 33.6 Å². The van der Waals surface area contributed by atoms with Crippen LogP contribution in [0.3, 0.4) is 0 Å². The summed E-state index contributed by atoms with van der Waals surface area (Å²) in [6, 6.07) is -0.460. The van der Waals surface area contributed by atoms with Crippen molar-refractivity contribution < 1.29 is 9.59 Å². The summed E-state index contributed by atoms with van der Waals surface area (Å²) in [5, 5.41) is 5.16. The Kier molecular flexibility index (Phi) is 3.14. The Bertz CT molecular complexity index is 420. The minimum Gasteiger partial charge on any atom is -0.344 e. The largest absolute Gasteiger partial charge is 0.344 e. The number of amides is 2. The van der Waals surface area contributed by atoms with Crippen molar-refractivity contribution in [1.29, 1.82) is 0 Å². The fourth-order valence-corrected chi connectivity index (χ4v) is 1.61. The molecule has 1 aliphatic rings. The normalized spacial score (nSPS) is 19.3. The van der Waals surface area contributed by atoms with Gasteiger partial charge in [0.15, 0.2) is 5.82 Å². The number of hydrogen-bond acceptors (Lipinski definition) is 4. The van der Waals surface area contributed by atoms with Crippen LogP contribution in [0.15, 0.2) is 17.0 Å². The van der Waals surface area contributed by atoms with Crippen molar-refractivity contribution in [3.63, 3.8) is 0 Å². The van der Waals surface area contributed by atoms with Gasteiger partial charge in [-0.1, -0.05) is 0 Å². The number of carbonyl (C=O) groups excluding carboxylic acids is 2. The van der Waals surface area contributed by atoms with Gasteiger partial charge < -0.3 is 10.6 Å². The second kappa shape index (κ2) is 4.56. The number of aromatic nitrogens is 2. The summed E-state index contributed by atoms with van der Waals surface area (Å²) in [6.07, 6.45) is 3.85. The van der Waals surface area contributed by atoms with Crippen LogP contribution in [-0.2, 0) is 9.59 Å². The molecule has 0 bridgehead atoms. The Balaban J connectivity index is 1.97. The van der Waals surface area contributed by atoms with Gasteiger partial charge in [-0.2, -0.15) is 0 Å². The third kappa shape index (κ3) is 2.54. The molecule has 0 spiro atoms. The van der Waals surface area contributed by atoms with Crippen molar-refractivity contribution in [2.45, 2.75) is 18.9 Å². The summed E-state index contributed by atoms with van der Waals surface area (Å²) in [5.74, 6) is 0.0128. The Morgan fingerprint density at radius 1 is 1.50 bits per heavy atom. The number of halogens is 1. The Morgan fingerprint density at radius 3 is 2.88 bits per heavy atom. The molecular formula is C9H9BrN4O2. The lowest BCUT2D eigenvalue weighted by molar-refractivity contribution is -0.122. The van der Waals surface area contributed by atoms with Crippen LogP contribution in [0.1, 0.15) is 12.8 Å². The molecule has 0 aliphatic carbocycles. The average molecular weight is 285 g/mol. The quantitative estimate of drug-likeness (QED) is 0.826. The van der Waals surface area contributed by atoms with Gasteiger partial charge in [-0.25, -0.2) is 9.97 Å². The highest BCUT2D eigenvalue weighted by molar-refractivity contribution is 9.10. The fraction of sp³-hybridized carbons (Fsp3) is 0.333. The molecule has 0 aromatic carbocycles. The molecule has 1 aliphatic heterocycles. The van der Waals surface area contributed by atoms with Gasteiger partial charge in [-0.15, -0.1) is 0 Å². The predicted octanol–water partition coefficient (Wildman–Crippen LogP) is 0.456. The van der Waals surface area contributed by atoms with Crippen LogP contribution < -0.4 is 10.6 Å². The van der Waals surface area contributed by atoms with Crippen LogP contribution in [-0.4, -0.2) is 27.8 Å². The molecule has 0 unspecified atom stereocenters. The zero-order valence-electron chi connectivity index (χ0n) is 8.24. The number of hydrogen-bond donors (Lipinski definition) is 2. The SMILES string of the molecule is O=C1CC[C@H](C(=O)Nc2cnc(Br)cn2)N1. The van der Waals surface area contributed by atoms with Crippen LogP contribution >= 0.6 is 15.9 Å². The standard InChI is InChI=1S/C9H9BrN4O2/c10-6-3-12-7(4-11-6)14-9(16)5-1-2-8(15)13-5/h3-5H,1-2H2,(H,13,15)(H,12,14,16)/t5-/m1/s1. The Hall–Kier alpha value is -1.50. The fourth-order valence-electron chi connectivity index (χ4n) is 1.40. The highest BCUT2D eigenvalue weighted by Crippen LogP contribution is 2.10. The summed E-state index contributed by atoms with van der Waals surface area (Å²) >= 11 is 3.14. The van der Waals surface area contributed by atoms with E-state index in [0.29, 0.717) is 23.3 Å². The van der Waals surface area contributed by atoms with E-state index in [-0.39, 0.29) is 11.8 Å². The van der Waals surface area contributed by atoms with Gasteiger partial charge in [0.25, 0.3) is 0 Å². The van der Waals surface area contributed by atoms with Crippen molar-refractivity contribution in [1.82, 2.24) is 15.3 Å². The molecule has 1 aromatic heterocycles. The summed E-state index contributed by atoms with van der Waals surface area (Å²) in [6.45, 7) is 0. The van der Waals surface area contributed by atoms with Gasteiger partial charge >= 0.3 is 0 Å². The van der Waals surface area contributed by atoms with Gasteiger partial charge in [0.2, 0.25) is 11.8 Å². The molecule has 1 atom stereocenters. The topological polar surface area (TPSA) is 84.0 Å². The first-order chi connectivity index (χ1) is 7.65. The van der Waals surface area contributed by atoms with Gasteiger partial charge in [-0.3, -0.25) is 9.59 Å². The summed E-state index contributed by atoms with van der Waals surface area (Å²) < 4.78 is 0.597. The molecular weight excluding hydrogens is 276 g/mol. The van der Waals surface area contributed by atoms with E-state index in [1.165, 1.54) is 12.4 Å². The van der Waals surface area contributed by atoms with E-state index < -0.39 is 6.04 Å². The average Bonchev–Trinajstić information content (AvgIpc) is 2.68. The lowest BCUT2D eigenvalue weighted by Crippen LogP contribution is -2.37. The molecule has 84 valence electrons. The highest BCUT2D eigenvalue weighted by atomic mass is 79.9. The molecule has 0 radical (unpaired) electrons. The van der Waals surface area contributed by atoms with Crippen molar-refractivity contribution in [2.75, 3.05) is 5.32 Å². The maximum absolute atomic E-state index is 11.6. The highest BCUT2D eigenvalue weighted by Gasteiger charge is 2.27. The van der Waals surface area contributed by atoms with Gasteiger partial charge in [0.1, 0.15) is 10.6 Å². The molecule has 2 amide bonds. The molecule has 2 N–H and O–H groups in total. The zero-order valence-corrected chi connectivity index (χ0v) is 9.82. The summed E-state index contributed by atoms with van der Waals surface area (Å²) in [5.41, 5.74) is 0. The van der Waals surface area contributed by atoms with Gasteiger partial charge in [-0.05, 0) is 22.4 Å². The first kappa shape index (κ1) is 11.0. The van der Waals surface area contributed by atoms with E-state index in [1.807, 2.05) is 0 Å². The lowest BCUT2D eigenvalue weighted by Gasteiger charge is -2.09. The number of nitrogens with one attached hydrogen (secondary N) is 2. The smallest absolute Gasteiger partial charge is 0.248 e. The molecule has 0 saturated carbocycles. The minimum atomic E-state index is -0.460. The van der Waals surface area contributed by atoms with Crippen molar-refractivity contribution in [3.05, 3.63) is 17.0 Å². The van der Waals surface area contributed by atoms with E-state index in [4.69, 9.17) is 0 Å². The molecule has 1 fully saturated rings. The predicted molar refractivity (Wildman–Crippen MR) is 59.5 cm³/mol. The molecule has 2 rings (SSSR count). The van der Waals surface area contributed by atoms with E-state index in [2.05, 4.69) is 36.5 Å². The van der Waals surface area contributed by atoms with E-state index in [9.17, 15) is 9.59 Å². The van der Waals surface area contributed by atoms with Crippen LogP contribution in [0, 0.1) is 0 Å². The summed E-state index contributed by atoms with van der Waals surface area (Å²) in [4.78, 5) is 30.5. The van der Waals surface area contributed by atoms with Crippen LogP contribution in [0.4, 0.5) is 5.82 Å². The number of nitrogens with zero attached hydrogens (tertiary/aromatic N) is 2. The number of rotatable bonds is 2. The number of anilines is 1. The third-order valence-electron chi connectivity index (χ3n) is 2.18. The Morgan fingerprint density at radius 2 is 2.31 bits per heavy atom. The number of carbonyl (C=O) groups is 2. The molecule has 1 saturated heterocycles. The van der Waals surface area contributed by atoms with Gasteiger partial charge in [0, 0.05) is 6.42 Å². The first-order valence-electron chi connectivity index (χ1n) is 4.73. The van der Waals surface area contributed by atoms with Crippen LogP contribution in [0.5, 0.6) is 0 Å².